The molecule has 0 bridgehead atoms. The molecule has 4 rings (SSSR count). The van der Waals surface area contributed by atoms with Gasteiger partial charge in [0, 0.05) is 5.56 Å². The zero-order chi connectivity index (χ0) is 18.8. The number of fused-ring (bicyclic) bond motifs is 1. The van der Waals surface area contributed by atoms with Gasteiger partial charge in [0.1, 0.15) is 0 Å². The fourth-order valence-corrected chi connectivity index (χ4v) is 3.54. The molecule has 0 aromatic heterocycles. The first-order valence-corrected chi connectivity index (χ1v) is 8.89. The van der Waals surface area contributed by atoms with Gasteiger partial charge in [0.2, 0.25) is 11.8 Å². The monoisotopic (exact) mass is 361 g/mol. The Balaban J connectivity index is 1.45. The van der Waals surface area contributed by atoms with Crippen molar-refractivity contribution in [3.63, 3.8) is 0 Å². The van der Waals surface area contributed by atoms with Gasteiger partial charge < -0.3 is 0 Å². The van der Waals surface area contributed by atoms with Crippen LogP contribution in [0.3, 0.4) is 0 Å². The normalized spacial score (nSPS) is 21.1. The number of rotatable bonds is 4. The van der Waals surface area contributed by atoms with Gasteiger partial charge >= 0.3 is 0 Å². The van der Waals surface area contributed by atoms with Crippen LogP contribution in [-0.2, 0) is 9.59 Å². The van der Waals surface area contributed by atoms with Crippen LogP contribution >= 0.6 is 0 Å². The Bertz CT molecular complexity index is 880. The number of hydrazine groups is 1. The van der Waals surface area contributed by atoms with Crippen molar-refractivity contribution in [3.8, 4) is 0 Å². The number of hydrogen-bond donors (Lipinski definition) is 2. The SMILES string of the molecule is O=C(NNc1ccccc1)c1ccc(N2C(=O)C3CC=CCC3C2=O)cc1. The molecule has 0 radical (unpaired) electrons. The van der Waals surface area contributed by atoms with E-state index in [1.54, 1.807) is 24.3 Å². The van der Waals surface area contributed by atoms with E-state index < -0.39 is 0 Å². The number of allylic oxidation sites excluding steroid dienone is 2. The third-order valence-corrected chi connectivity index (χ3v) is 4.99. The maximum Gasteiger partial charge on any atom is 0.269 e. The minimum atomic E-state index is -0.303. The Hall–Kier alpha value is -3.41. The second kappa shape index (κ2) is 7.07. The van der Waals surface area contributed by atoms with Crippen LogP contribution < -0.4 is 15.8 Å². The van der Waals surface area contributed by atoms with Crippen LogP contribution in [0.2, 0.25) is 0 Å². The van der Waals surface area contributed by atoms with Crippen LogP contribution in [0, 0.1) is 11.8 Å². The summed E-state index contributed by atoms with van der Waals surface area (Å²) in [4.78, 5) is 38.7. The highest BCUT2D eigenvalue weighted by Gasteiger charge is 2.47. The number of carbonyl (C=O) groups is 3. The van der Waals surface area contributed by atoms with E-state index in [4.69, 9.17) is 0 Å². The minimum absolute atomic E-state index is 0.155. The fourth-order valence-electron chi connectivity index (χ4n) is 3.54. The molecule has 6 heteroatoms. The van der Waals surface area contributed by atoms with Crippen molar-refractivity contribution >= 4 is 29.1 Å². The van der Waals surface area contributed by atoms with Gasteiger partial charge in [-0.05, 0) is 49.2 Å². The van der Waals surface area contributed by atoms with Crippen molar-refractivity contribution in [2.24, 2.45) is 11.8 Å². The molecule has 2 aliphatic rings. The third kappa shape index (κ3) is 3.21. The fraction of sp³-hybridized carbons (Fsp3) is 0.190. The number of anilines is 2. The van der Waals surface area contributed by atoms with Crippen molar-refractivity contribution in [1.82, 2.24) is 5.43 Å². The lowest BCUT2D eigenvalue weighted by Gasteiger charge is -2.15. The molecule has 0 saturated carbocycles. The van der Waals surface area contributed by atoms with Crippen molar-refractivity contribution in [1.29, 1.82) is 0 Å². The summed E-state index contributed by atoms with van der Waals surface area (Å²) in [6, 6.07) is 15.8. The van der Waals surface area contributed by atoms with E-state index >= 15 is 0 Å². The predicted octanol–water partition coefficient (Wildman–Crippen LogP) is 2.90. The molecule has 1 saturated heterocycles. The Morgan fingerprint density at radius 3 is 2.04 bits per heavy atom. The number of nitrogens with one attached hydrogen (secondary N) is 2. The van der Waals surface area contributed by atoms with Crippen LogP contribution in [0.5, 0.6) is 0 Å². The Labute approximate surface area is 156 Å². The maximum absolute atomic E-state index is 12.6. The topological polar surface area (TPSA) is 78.5 Å². The van der Waals surface area contributed by atoms with Crippen LogP contribution in [0.25, 0.3) is 0 Å². The smallest absolute Gasteiger partial charge is 0.269 e. The largest absolute Gasteiger partial charge is 0.298 e. The maximum atomic E-state index is 12.6. The van der Waals surface area contributed by atoms with Gasteiger partial charge in [-0.3, -0.25) is 30.1 Å². The van der Waals surface area contributed by atoms with E-state index in [1.165, 1.54) is 4.90 Å². The van der Waals surface area contributed by atoms with Gasteiger partial charge in [-0.25, -0.2) is 0 Å². The molecule has 1 fully saturated rings. The first-order chi connectivity index (χ1) is 13.1. The van der Waals surface area contributed by atoms with Crippen LogP contribution in [-0.4, -0.2) is 17.7 Å². The second-order valence-electron chi connectivity index (χ2n) is 6.66. The van der Waals surface area contributed by atoms with Gasteiger partial charge in [-0.1, -0.05) is 30.4 Å². The molecule has 1 heterocycles. The Kier molecular flexibility index (Phi) is 4.46. The average Bonchev–Trinajstić information content (AvgIpc) is 2.98. The summed E-state index contributed by atoms with van der Waals surface area (Å²) in [7, 11) is 0. The third-order valence-electron chi connectivity index (χ3n) is 4.99. The van der Waals surface area contributed by atoms with E-state index in [0.29, 0.717) is 24.1 Å². The summed E-state index contributed by atoms with van der Waals surface area (Å²) in [5.74, 6) is -1.14. The average molecular weight is 361 g/mol. The molecule has 2 unspecified atom stereocenters. The lowest BCUT2D eigenvalue weighted by Crippen LogP contribution is -2.31. The van der Waals surface area contributed by atoms with Crippen molar-refractivity contribution in [3.05, 3.63) is 72.3 Å². The van der Waals surface area contributed by atoms with Gasteiger partial charge in [0.25, 0.3) is 5.91 Å². The molecular weight excluding hydrogens is 342 g/mol. The molecule has 0 spiro atoms. The molecule has 1 aliphatic heterocycles. The molecular formula is C21H19N3O3. The number of amides is 3. The highest BCUT2D eigenvalue weighted by atomic mass is 16.2. The van der Waals surface area contributed by atoms with Gasteiger partial charge in [-0.15, -0.1) is 0 Å². The second-order valence-corrected chi connectivity index (χ2v) is 6.66. The summed E-state index contributed by atoms with van der Waals surface area (Å²) < 4.78 is 0. The van der Waals surface area contributed by atoms with E-state index in [-0.39, 0.29) is 29.6 Å². The molecule has 1 aliphatic carbocycles. The van der Waals surface area contributed by atoms with E-state index in [2.05, 4.69) is 10.9 Å². The van der Waals surface area contributed by atoms with Gasteiger partial charge in [0.05, 0.1) is 23.2 Å². The zero-order valence-corrected chi connectivity index (χ0v) is 14.6. The molecule has 136 valence electrons. The number of imide groups is 1. The quantitative estimate of drug-likeness (QED) is 0.499. The summed E-state index contributed by atoms with van der Waals surface area (Å²) in [5.41, 5.74) is 7.16. The standard InChI is InChI=1S/C21H19N3O3/c25-19(23-22-15-6-2-1-3-7-15)14-10-12-16(13-11-14)24-20(26)17-8-4-5-9-18(17)21(24)27/h1-7,10-13,17-18,22H,8-9H2,(H,23,25). The van der Waals surface area contributed by atoms with E-state index in [1.807, 2.05) is 42.5 Å². The minimum Gasteiger partial charge on any atom is -0.298 e. The number of nitrogens with zero attached hydrogens (tertiary/aromatic N) is 1. The molecule has 3 amide bonds. The number of benzene rings is 2. The van der Waals surface area contributed by atoms with Gasteiger partial charge in [-0.2, -0.15) is 0 Å². The van der Waals surface area contributed by atoms with Crippen molar-refractivity contribution < 1.29 is 14.4 Å². The van der Waals surface area contributed by atoms with Crippen LogP contribution in [0.1, 0.15) is 23.2 Å². The summed E-state index contributed by atoms with van der Waals surface area (Å²) >= 11 is 0. The van der Waals surface area contributed by atoms with E-state index in [0.717, 1.165) is 5.69 Å². The lowest BCUT2D eigenvalue weighted by atomic mass is 9.85. The van der Waals surface area contributed by atoms with Gasteiger partial charge in [0.15, 0.2) is 0 Å². The highest BCUT2D eigenvalue weighted by molar-refractivity contribution is 6.22. The number of hydrogen-bond acceptors (Lipinski definition) is 4. The lowest BCUT2D eigenvalue weighted by molar-refractivity contribution is -0.122. The van der Waals surface area contributed by atoms with Crippen LogP contribution in [0.15, 0.2) is 66.7 Å². The number of carbonyl (C=O) groups excluding carboxylic acids is 3. The molecule has 6 nitrogen and oxygen atoms in total. The molecule has 2 aromatic rings. The first kappa shape index (κ1) is 17.0. The first-order valence-electron chi connectivity index (χ1n) is 8.89. The Morgan fingerprint density at radius 1 is 0.852 bits per heavy atom. The molecule has 2 atom stereocenters. The van der Waals surface area contributed by atoms with E-state index in [9.17, 15) is 14.4 Å². The van der Waals surface area contributed by atoms with Crippen molar-refractivity contribution in [2.45, 2.75) is 12.8 Å². The number of para-hydroxylation sites is 1. The van der Waals surface area contributed by atoms with Crippen molar-refractivity contribution in [2.75, 3.05) is 10.3 Å². The zero-order valence-electron chi connectivity index (χ0n) is 14.6. The molecule has 2 aromatic carbocycles. The summed E-state index contributed by atoms with van der Waals surface area (Å²) in [6.45, 7) is 0. The molecule has 27 heavy (non-hydrogen) atoms. The molecule has 2 N–H and O–H groups in total. The summed E-state index contributed by atoms with van der Waals surface area (Å²) in [6.07, 6.45) is 5.14. The van der Waals surface area contributed by atoms with Crippen LogP contribution in [0.4, 0.5) is 11.4 Å². The predicted molar refractivity (Wildman–Crippen MR) is 102 cm³/mol. The summed E-state index contributed by atoms with van der Waals surface area (Å²) in [5, 5.41) is 0. The Morgan fingerprint density at radius 2 is 1.44 bits per heavy atom. The highest BCUT2D eigenvalue weighted by Crippen LogP contribution is 2.37.